The highest BCUT2D eigenvalue weighted by Gasteiger charge is 2.42. The van der Waals surface area contributed by atoms with Crippen LogP contribution in [0.2, 0.25) is 0 Å². The van der Waals surface area contributed by atoms with Gasteiger partial charge in [0.05, 0.1) is 5.56 Å². The molecule has 0 bridgehead atoms. The second-order valence-electron chi connectivity index (χ2n) is 5.73. The molecule has 2 atom stereocenters. The third kappa shape index (κ3) is 2.25. The number of hydrogen-bond donors (Lipinski definition) is 0. The summed E-state index contributed by atoms with van der Waals surface area (Å²) in [4.78, 5) is 21.3. The Balaban J connectivity index is 1.76. The van der Waals surface area contributed by atoms with Gasteiger partial charge in [0.2, 0.25) is 0 Å². The maximum absolute atomic E-state index is 12.6. The molecule has 0 radical (unpaired) electrons. The van der Waals surface area contributed by atoms with Crippen LogP contribution in [0.25, 0.3) is 0 Å². The number of fused-ring (bicyclic) bond motifs is 1. The fraction of sp³-hybridized carbons (Fsp3) is 0.600. The SMILES string of the molecule is CCc1ccc(C(=O)N2CC[C@H]3CN(C)C[C@H]32)cn1. The van der Waals surface area contributed by atoms with Crippen molar-refractivity contribution in [2.24, 2.45) is 5.92 Å². The lowest BCUT2D eigenvalue weighted by Crippen LogP contribution is -2.39. The number of rotatable bonds is 2. The average Bonchev–Trinajstić information content (AvgIpc) is 2.97. The highest BCUT2D eigenvalue weighted by atomic mass is 16.2. The van der Waals surface area contributed by atoms with Crippen LogP contribution in [0, 0.1) is 5.92 Å². The van der Waals surface area contributed by atoms with Crippen molar-refractivity contribution in [3.63, 3.8) is 0 Å². The number of amides is 1. The molecule has 0 aliphatic carbocycles. The maximum Gasteiger partial charge on any atom is 0.255 e. The summed E-state index contributed by atoms with van der Waals surface area (Å²) < 4.78 is 0. The lowest BCUT2D eigenvalue weighted by atomic mass is 10.0. The van der Waals surface area contributed by atoms with Gasteiger partial charge in [0.15, 0.2) is 0 Å². The van der Waals surface area contributed by atoms with Crippen LogP contribution in [-0.2, 0) is 6.42 Å². The summed E-state index contributed by atoms with van der Waals surface area (Å²) in [7, 11) is 2.14. The molecule has 2 aliphatic heterocycles. The van der Waals surface area contributed by atoms with E-state index in [1.54, 1.807) is 6.20 Å². The Morgan fingerprint density at radius 2 is 2.26 bits per heavy atom. The zero-order valence-corrected chi connectivity index (χ0v) is 11.7. The van der Waals surface area contributed by atoms with E-state index in [-0.39, 0.29) is 5.91 Å². The lowest BCUT2D eigenvalue weighted by Gasteiger charge is -2.24. The van der Waals surface area contributed by atoms with E-state index in [1.165, 1.54) is 0 Å². The highest BCUT2D eigenvalue weighted by Crippen LogP contribution is 2.31. The van der Waals surface area contributed by atoms with Gasteiger partial charge in [-0.1, -0.05) is 6.92 Å². The summed E-state index contributed by atoms with van der Waals surface area (Å²) >= 11 is 0. The van der Waals surface area contributed by atoms with E-state index in [2.05, 4.69) is 28.8 Å². The maximum atomic E-state index is 12.6. The highest BCUT2D eigenvalue weighted by molar-refractivity contribution is 5.94. The van der Waals surface area contributed by atoms with E-state index in [9.17, 15) is 4.79 Å². The van der Waals surface area contributed by atoms with Crippen molar-refractivity contribution in [1.82, 2.24) is 14.8 Å². The molecule has 0 spiro atoms. The standard InChI is InChI=1S/C15H21N3O/c1-3-13-5-4-11(8-16-13)15(19)18-7-6-12-9-17(2)10-14(12)18/h4-5,8,12,14H,3,6-7,9-10H2,1-2H3/t12-,14+/m0/s1. The number of likely N-dealkylation sites (tertiary alicyclic amines) is 2. The number of aromatic nitrogens is 1. The zero-order chi connectivity index (χ0) is 13.4. The topological polar surface area (TPSA) is 36.4 Å². The van der Waals surface area contributed by atoms with Gasteiger partial charge in [-0.2, -0.15) is 0 Å². The molecule has 3 rings (SSSR count). The second-order valence-corrected chi connectivity index (χ2v) is 5.73. The van der Waals surface area contributed by atoms with Gasteiger partial charge in [-0.15, -0.1) is 0 Å². The fourth-order valence-electron chi connectivity index (χ4n) is 3.35. The minimum atomic E-state index is 0.151. The largest absolute Gasteiger partial charge is 0.334 e. The third-order valence-electron chi connectivity index (χ3n) is 4.42. The molecular formula is C15H21N3O. The molecule has 102 valence electrons. The molecule has 2 aliphatic rings. The second kappa shape index (κ2) is 4.93. The van der Waals surface area contributed by atoms with Gasteiger partial charge in [0.1, 0.15) is 0 Å². The predicted molar refractivity (Wildman–Crippen MR) is 74.0 cm³/mol. The summed E-state index contributed by atoms with van der Waals surface area (Å²) in [6.07, 6.45) is 3.78. The van der Waals surface area contributed by atoms with E-state index in [0.29, 0.717) is 12.0 Å². The minimum Gasteiger partial charge on any atom is -0.334 e. The van der Waals surface area contributed by atoms with E-state index in [0.717, 1.165) is 43.7 Å². The number of likely N-dealkylation sites (N-methyl/N-ethyl adjacent to an activating group) is 1. The number of nitrogens with zero attached hydrogens (tertiary/aromatic N) is 3. The number of hydrogen-bond acceptors (Lipinski definition) is 3. The average molecular weight is 259 g/mol. The molecule has 2 fully saturated rings. The van der Waals surface area contributed by atoms with Crippen LogP contribution in [0.1, 0.15) is 29.4 Å². The van der Waals surface area contributed by atoms with Crippen LogP contribution >= 0.6 is 0 Å². The van der Waals surface area contributed by atoms with Gasteiger partial charge >= 0.3 is 0 Å². The smallest absolute Gasteiger partial charge is 0.255 e. The normalized spacial score (nSPS) is 26.7. The first kappa shape index (κ1) is 12.6. The lowest BCUT2D eigenvalue weighted by molar-refractivity contribution is 0.0729. The Labute approximate surface area is 114 Å². The minimum absolute atomic E-state index is 0.151. The van der Waals surface area contributed by atoms with Gasteiger partial charge in [-0.05, 0) is 37.9 Å². The summed E-state index contributed by atoms with van der Waals surface area (Å²) in [5.41, 5.74) is 1.77. The summed E-state index contributed by atoms with van der Waals surface area (Å²) in [5.74, 6) is 0.815. The number of pyridine rings is 1. The van der Waals surface area contributed by atoms with E-state index in [4.69, 9.17) is 0 Å². The van der Waals surface area contributed by atoms with Crippen molar-refractivity contribution in [2.45, 2.75) is 25.8 Å². The Hall–Kier alpha value is -1.42. The molecule has 0 N–H and O–H groups in total. The Kier molecular flexibility index (Phi) is 3.27. The van der Waals surface area contributed by atoms with Crippen molar-refractivity contribution in [3.05, 3.63) is 29.6 Å². The Morgan fingerprint density at radius 1 is 1.42 bits per heavy atom. The number of carbonyl (C=O) groups excluding carboxylic acids is 1. The first-order valence-electron chi connectivity index (χ1n) is 7.13. The summed E-state index contributed by atoms with van der Waals surface area (Å²) in [5, 5.41) is 0. The van der Waals surface area contributed by atoms with Crippen LogP contribution in [0.15, 0.2) is 18.3 Å². The van der Waals surface area contributed by atoms with Gasteiger partial charge in [-0.25, -0.2) is 0 Å². The number of aryl methyl sites for hydroxylation is 1. The molecule has 1 aromatic heterocycles. The van der Waals surface area contributed by atoms with Crippen LogP contribution in [0.4, 0.5) is 0 Å². The third-order valence-corrected chi connectivity index (χ3v) is 4.42. The van der Waals surface area contributed by atoms with E-state index >= 15 is 0 Å². The van der Waals surface area contributed by atoms with Crippen LogP contribution in [0.3, 0.4) is 0 Å². The molecule has 4 heteroatoms. The molecule has 0 aromatic carbocycles. The molecule has 2 saturated heterocycles. The Bertz CT molecular complexity index is 471. The predicted octanol–water partition coefficient (Wildman–Crippen LogP) is 1.42. The van der Waals surface area contributed by atoms with Gasteiger partial charge in [-0.3, -0.25) is 9.78 Å². The van der Waals surface area contributed by atoms with E-state index < -0.39 is 0 Å². The van der Waals surface area contributed by atoms with Crippen molar-refractivity contribution in [3.8, 4) is 0 Å². The van der Waals surface area contributed by atoms with Crippen molar-refractivity contribution in [1.29, 1.82) is 0 Å². The molecule has 1 aromatic rings. The Morgan fingerprint density at radius 3 is 2.95 bits per heavy atom. The van der Waals surface area contributed by atoms with Gasteiger partial charge in [0, 0.05) is 37.6 Å². The molecule has 3 heterocycles. The van der Waals surface area contributed by atoms with Gasteiger partial charge < -0.3 is 9.80 Å². The molecule has 1 amide bonds. The number of carbonyl (C=O) groups is 1. The van der Waals surface area contributed by atoms with Crippen LogP contribution < -0.4 is 0 Å². The van der Waals surface area contributed by atoms with Crippen molar-refractivity contribution in [2.75, 3.05) is 26.7 Å². The summed E-state index contributed by atoms with van der Waals surface area (Å²) in [6, 6.07) is 4.28. The van der Waals surface area contributed by atoms with Gasteiger partial charge in [0.25, 0.3) is 5.91 Å². The first-order valence-corrected chi connectivity index (χ1v) is 7.13. The molecule has 19 heavy (non-hydrogen) atoms. The van der Waals surface area contributed by atoms with Crippen LogP contribution in [0.5, 0.6) is 0 Å². The zero-order valence-electron chi connectivity index (χ0n) is 11.7. The summed E-state index contributed by atoms with van der Waals surface area (Å²) in [6.45, 7) is 5.11. The van der Waals surface area contributed by atoms with E-state index in [1.807, 2.05) is 12.1 Å². The van der Waals surface area contributed by atoms with Crippen LogP contribution in [-0.4, -0.2) is 53.4 Å². The molecule has 4 nitrogen and oxygen atoms in total. The van der Waals surface area contributed by atoms with Crippen molar-refractivity contribution < 1.29 is 4.79 Å². The van der Waals surface area contributed by atoms with Crippen molar-refractivity contribution >= 4 is 5.91 Å². The monoisotopic (exact) mass is 259 g/mol. The molecule has 0 unspecified atom stereocenters. The molecular weight excluding hydrogens is 238 g/mol. The molecule has 0 saturated carbocycles. The fourth-order valence-corrected chi connectivity index (χ4v) is 3.35. The quantitative estimate of drug-likeness (QED) is 0.806. The first-order chi connectivity index (χ1) is 9.19.